The second-order valence-electron chi connectivity index (χ2n) is 4.01. The van der Waals surface area contributed by atoms with Crippen LogP contribution in [0.1, 0.15) is 12.8 Å². The largest absolute Gasteiger partial charge is 0.365 e. The van der Waals surface area contributed by atoms with E-state index < -0.39 is 0 Å². The number of hydrogen-bond acceptors (Lipinski definition) is 5. The SMILES string of the molecule is c1cn2cnnc2c(NCC2CCCN2)n1. The maximum absolute atomic E-state index is 4.28. The molecule has 1 saturated heterocycles. The van der Waals surface area contributed by atoms with Gasteiger partial charge in [-0.1, -0.05) is 0 Å². The van der Waals surface area contributed by atoms with Crippen LogP contribution in [0.5, 0.6) is 0 Å². The first-order chi connectivity index (χ1) is 7.93. The first-order valence-corrected chi connectivity index (χ1v) is 5.55. The summed E-state index contributed by atoms with van der Waals surface area (Å²) in [5.74, 6) is 0.800. The summed E-state index contributed by atoms with van der Waals surface area (Å²) in [5, 5.41) is 14.6. The van der Waals surface area contributed by atoms with Gasteiger partial charge in [0.15, 0.2) is 5.82 Å². The van der Waals surface area contributed by atoms with E-state index in [4.69, 9.17) is 0 Å². The van der Waals surface area contributed by atoms with Gasteiger partial charge in [-0.2, -0.15) is 0 Å². The van der Waals surface area contributed by atoms with Crippen LogP contribution in [0, 0.1) is 0 Å². The fraction of sp³-hybridized carbons (Fsp3) is 0.500. The van der Waals surface area contributed by atoms with Crippen LogP contribution in [0.15, 0.2) is 18.7 Å². The Labute approximate surface area is 93.1 Å². The van der Waals surface area contributed by atoms with E-state index in [0.29, 0.717) is 6.04 Å². The summed E-state index contributed by atoms with van der Waals surface area (Å²) in [4.78, 5) is 4.28. The lowest BCUT2D eigenvalue weighted by Crippen LogP contribution is -2.29. The highest BCUT2D eigenvalue weighted by molar-refractivity contribution is 5.61. The molecule has 1 aliphatic rings. The molecule has 0 saturated carbocycles. The number of nitrogens with one attached hydrogen (secondary N) is 2. The van der Waals surface area contributed by atoms with Crippen LogP contribution in [0.3, 0.4) is 0 Å². The van der Waals surface area contributed by atoms with Crippen molar-refractivity contribution in [1.29, 1.82) is 0 Å². The second-order valence-corrected chi connectivity index (χ2v) is 4.01. The summed E-state index contributed by atoms with van der Waals surface area (Å²) in [6, 6.07) is 0.546. The van der Waals surface area contributed by atoms with Crippen molar-refractivity contribution < 1.29 is 0 Å². The molecule has 16 heavy (non-hydrogen) atoms. The van der Waals surface area contributed by atoms with Crippen molar-refractivity contribution in [1.82, 2.24) is 24.9 Å². The Morgan fingerprint density at radius 2 is 2.56 bits per heavy atom. The van der Waals surface area contributed by atoms with Gasteiger partial charge in [0.25, 0.3) is 0 Å². The van der Waals surface area contributed by atoms with E-state index in [1.54, 1.807) is 12.5 Å². The van der Waals surface area contributed by atoms with Crippen LogP contribution >= 0.6 is 0 Å². The first kappa shape index (κ1) is 9.53. The first-order valence-electron chi connectivity index (χ1n) is 5.55. The maximum atomic E-state index is 4.28. The van der Waals surface area contributed by atoms with Crippen molar-refractivity contribution in [2.24, 2.45) is 0 Å². The molecule has 0 bridgehead atoms. The van der Waals surface area contributed by atoms with Crippen LogP contribution in [-0.4, -0.2) is 38.7 Å². The molecule has 0 aliphatic carbocycles. The number of aromatic nitrogens is 4. The summed E-state index contributed by atoms with van der Waals surface area (Å²) in [7, 11) is 0. The fourth-order valence-corrected chi connectivity index (χ4v) is 2.03. The molecule has 0 amide bonds. The Morgan fingerprint density at radius 1 is 1.56 bits per heavy atom. The monoisotopic (exact) mass is 218 g/mol. The highest BCUT2D eigenvalue weighted by Gasteiger charge is 2.14. The minimum absolute atomic E-state index is 0.546. The lowest BCUT2D eigenvalue weighted by atomic mass is 10.2. The standard InChI is InChI=1S/C10H14N6/c1-2-8(11-3-1)6-13-9-10-15-14-7-16(10)5-4-12-9/h4-5,7-8,11H,1-3,6H2,(H,12,13). The average molecular weight is 218 g/mol. The molecular formula is C10H14N6. The topological polar surface area (TPSA) is 67.1 Å². The molecule has 3 heterocycles. The predicted octanol–water partition coefficient (Wildman–Crippen LogP) is 0.288. The lowest BCUT2D eigenvalue weighted by molar-refractivity contribution is 0.632. The summed E-state index contributed by atoms with van der Waals surface area (Å²) in [5.41, 5.74) is 0.778. The van der Waals surface area contributed by atoms with Gasteiger partial charge in [-0.25, -0.2) is 4.98 Å². The lowest BCUT2D eigenvalue weighted by Gasteiger charge is -2.11. The Kier molecular flexibility index (Phi) is 2.41. The van der Waals surface area contributed by atoms with E-state index in [1.807, 2.05) is 10.6 Å². The number of rotatable bonds is 3. The molecule has 6 nitrogen and oxygen atoms in total. The molecule has 84 valence electrons. The molecule has 2 N–H and O–H groups in total. The zero-order valence-electron chi connectivity index (χ0n) is 8.93. The molecule has 0 aromatic carbocycles. The normalized spacial score (nSPS) is 20.4. The summed E-state index contributed by atoms with van der Waals surface area (Å²) >= 11 is 0. The number of nitrogens with zero attached hydrogens (tertiary/aromatic N) is 4. The average Bonchev–Trinajstić information content (AvgIpc) is 2.97. The van der Waals surface area contributed by atoms with Gasteiger partial charge in [0.1, 0.15) is 6.33 Å². The minimum atomic E-state index is 0.546. The highest BCUT2D eigenvalue weighted by atomic mass is 15.2. The quantitative estimate of drug-likeness (QED) is 0.775. The Balaban J connectivity index is 1.75. The van der Waals surface area contributed by atoms with Crippen molar-refractivity contribution in [2.75, 3.05) is 18.4 Å². The zero-order valence-corrected chi connectivity index (χ0v) is 8.93. The van der Waals surface area contributed by atoms with Gasteiger partial charge in [-0.05, 0) is 19.4 Å². The molecule has 1 atom stereocenters. The van der Waals surface area contributed by atoms with Crippen molar-refractivity contribution >= 4 is 11.5 Å². The van der Waals surface area contributed by atoms with Crippen LogP contribution in [0.2, 0.25) is 0 Å². The van der Waals surface area contributed by atoms with Gasteiger partial charge in [0.05, 0.1) is 0 Å². The van der Waals surface area contributed by atoms with Crippen molar-refractivity contribution in [3.8, 4) is 0 Å². The van der Waals surface area contributed by atoms with Gasteiger partial charge in [0.2, 0.25) is 5.65 Å². The van der Waals surface area contributed by atoms with E-state index in [9.17, 15) is 0 Å². The highest BCUT2D eigenvalue weighted by Crippen LogP contribution is 2.11. The predicted molar refractivity (Wildman–Crippen MR) is 60.3 cm³/mol. The van der Waals surface area contributed by atoms with Crippen molar-refractivity contribution in [2.45, 2.75) is 18.9 Å². The van der Waals surface area contributed by atoms with Crippen LogP contribution in [-0.2, 0) is 0 Å². The van der Waals surface area contributed by atoms with Gasteiger partial charge in [-0.3, -0.25) is 4.40 Å². The third kappa shape index (κ3) is 1.71. The fourth-order valence-electron chi connectivity index (χ4n) is 2.03. The molecule has 2 aromatic rings. The maximum Gasteiger partial charge on any atom is 0.203 e. The van der Waals surface area contributed by atoms with E-state index in [0.717, 1.165) is 24.6 Å². The number of hydrogen-bond donors (Lipinski definition) is 2. The third-order valence-corrected chi connectivity index (χ3v) is 2.89. The Morgan fingerprint density at radius 3 is 3.44 bits per heavy atom. The molecule has 1 aliphatic heterocycles. The summed E-state index contributed by atoms with van der Waals surface area (Å²) < 4.78 is 1.86. The minimum Gasteiger partial charge on any atom is -0.365 e. The summed E-state index contributed by atoms with van der Waals surface area (Å²) in [6.07, 6.45) is 7.75. The van der Waals surface area contributed by atoms with E-state index in [2.05, 4.69) is 25.8 Å². The van der Waals surface area contributed by atoms with Crippen LogP contribution < -0.4 is 10.6 Å². The van der Waals surface area contributed by atoms with E-state index in [1.165, 1.54) is 12.8 Å². The van der Waals surface area contributed by atoms with E-state index in [-0.39, 0.29) is 0 Å². The van der Waals surface area contributed by atoms with E-state index >= 15 is 0 Å². The van der Waals surface area contributed by atoms with Gasteiger partial charge >= 0.3 is 0 Å². The Hall–Kier alpha value is -1.69. The number of anilines is 1. The van der Waals surface area contributed by atoms with Crippen LogP contribution in [0.25, 0.3) is 5.65 Å². The second kappa shape index (κ2) is 4.05. The molecule has 6 heteroatoms. The van der Waals surface area contributed by atoms with Gasteiger partial charge in [0, 0.05) is 25.0 Å². The molecule has 0 spiro atoms. The van der Waals surface area contributed by atoms with Gasteiger partial charge in [-0.15, -0.1) is 10.2 Å². The molecule has 1 unspecified atom stereocenters. The Bertz CT molecular complexity index is 473. The smallest absolute Gasteiger partial charge is 0.203 e. The molecule has 1 fully saturated rings. The zero-order chi connectivity index (χ0) is 10.8. The molecular weight excluding hydrogens is 204 g/mol. The third-order valence-electron chi connectivity index (χ3n) is 2.89. The van der Waals surface area contributed by atoms with Crippen molar-refractivity contribution in [3.05, 3.63) is 18.7 Å². The molecule has 3 rings (SSSR count). The van der Waals surface area contributed by atoms with Gasteiger partial charge < -0.3 is 10.6 Å². The molecule has 2 aromatic heterocycles. The number of fused-ring (bicyclic) bond motifs is 1. The summed E-state index contributed by atoms with van der Waals surface area (Å²) in [6.45, 7) is 2.01. The molecule has 0 radical (unpaired) electrons. The van der Waals surface area contributed by atoms with Crippen LogP contribution in [0.4, 0.5) is 5.82 Å². The van der Waals surface area contributed by atoms with Crippen molar-refractivity contribution in [3.63, 3.8) is 0 Å².